The van der Waals surface area contributed by atoms with Gasteiger partial charge in [0.25, 0.3) is 0 Å². The van der Waals surface area contributed by atoms with Crippen molar-refractivity contribution in [3.8, 4) is 22.9 Å². The van der Waals surface area contributed by atoms with E-state index < -0.39 is 16.1 Å². The summed E-state index contributed by atoms with van der Waals surface area (Å²) in [6.07, 6.45) is 8.40. The molecule has 26 heavy (non-hydrogen) atoms. The summed E-state index contributed by atoms with van der Waals surface area (Å²) in [7, 11) is -3.13. The summed E-state index contributed by atoms with van der Waals surface area (Å²) in [6.45, 7) is 23.2. The summed E-state index contributed by atoms with van der Waals surface area (Å²) in [4.78, 5) is 2.43. The van der Waals surface area contributed by atoms with Gasteiger partial charge in [-0.3, -0.25) is 0 Å². The molecule has 0 rings (SSSR count). The first-order valence-corrected chi connectivity index (χ1v) is 17.6. The van der Waals surface area contributed by atoms with E-state index in [-0.39, 0.29) is 0 Å². The highest BCUT2D eigenvalue weighted by molar-refractivity contribution is 8.07. The topological polar surface area (TPSA) is 0 Å². The summed E-state index contributed by atoms with van der Waals surface area (Å²) >= 11 is 3.51. The van der Waals surface area contributed by atoms with Crippen LogP contribution in [0.5, 0.6) is 0 Å². The lowest BCUT2D eigenvalue weighted by molar-refractivity contribution is 0.730. The first kappa shape index (κ1) is 25.7. The van der Waals surface area contributed by atoms with Crippen LogP contribution in [0.2, 0.25) is 36.3 Å². The Morgan fingerprint density at radius 1 is 0.654 bits per heavy atom. The van der Waals surface area contributed by atoms with E-state index >= 15 is 0 Å². The van der Waals surface area contributed by atoms with Gasteiger partial charge in [0.2, 0.25) is 0 Å². The van der Waals surface area contributed by atoms with Crippen molar-refractivity contribution in [2.45, 2.75) is 77.8 Å². The minimum Gasteiger partial charge on any atom is -0.128 e. The molecule has 0 heterocycles. The van der Waals surface area contributed by atoms with E-state index in [9.17, 15) is 0 Å². The van der Waals surface area contributed by atoms with Crippen LogP contribution < -0.4 is 0 Å². The van der Waals surface area contributed by atoms with Gasteiger partial charge in [-0.15, -0.1) is 34.6 Å². The molecule has 0 unspecified atom stereocenters. The first-order chi connectivity index (χ1) is 11.6. The SMILES string of the molecule is CSC(=C\C#C[Si](C)(C)C(C)(C)C)/C(=C/C#C[Si](C)(C)C(C)(C)C)SC. The molecule has 0 saturated heterocycles. The zero-order chi connectivity index (χ0) is 20.8. The summed E-state index contributed by atoms with van der Waals surface area (Å²) < 4.78 is 0. The van der Waals surface area contributed by atoms with Crippen LogP contribution in [0.25, 0.3) is 0 Å². The van der Waals surface area contributed by atoms with Gasteiger partial charge in [0.1, 0.15) is 16.1 Å². The third-order valence-electron chi connectivity index (χ3n) is 5.61. The van der Waals surface area contributed by atoms with Gasteiger partial charge in [0.15, 0.2) is 0 Å². The average Bonchev–Trinajstić information content (AvgIpc) is 2.46. The lowest BCUT2D eigenvalue weighted by Gasteiger charge is -2.31. The van der Waals surface area contributed by atoms with E-state index in [4.69, 9.17) is 0 Å². The normalized spacial score (nSPS) is 14.3. The van der Waals surface area contributed by atoms with E-state index in [1.54, 1.807) is 23.5 Å². The van der Waals surface area contributed by atoms with Crippen LogP contribution >= 0.6 is 23.5 Å². The maximum absolute atomic E-state index is 3.58. The Hall–Kier alpha value is -0.266. The predicted molar refractivity (Wildman–Crippen MR) is 133 cm³/mol. The van der Waals surface area contributed by atoms with Crippen molar-refractivity contribution in [1.29, 1.82) is 0 Å². The number of thioether (sulfide) groups is 2. The number of hydrogen-bond donors (Lipinski definition) is 0. The fraction of sp³-hybridized carbons (Fsp3) is 0.636. The molecule has 0 aliphatic carbocycles. The maximum atomic E-state index is 3.58. The van der Waals surface area contributed by atoms with Crippen molar-refractivity contribution < 1.29 is 0 Å². The summed E-state index contributed by atoms with van der Waals surface area (Å²) in [6, 6.07) is 0. The molecule has 0 nitrogen and oxygen atoms in total. The van der Waals surface area contributed by atoms with Crippen LogP contribution in [0.4, 0.5) is 0 Å². The average molecular weight is 423 g/mol. The molecule has 0 aromatic carbocycles. The van der Waals surface area contributed by atoms with Gasteiger partial charge in [-0.05, 0) is 22.6 Å². The summed E-state index contributed by atoms with van der Waals surface area (Å²) in [5.74, 6) is 6.73. The largest absolute Gasteiger partial charge is 0.138 e. The lowest BCUT2D eigenvalue weighted by atomic mass is 10.2. The van der Waals surface area contributed by atoms with Crippen molar-refractivity contribution in [2.24, 2.45) is 0 Å². The molecule has 0 radical (unpaired) electrons. The van der Waals surface area contributed by atoms with Crippen LogP contribution in [0.3, 0.4) is 0 Å². The van der Waals surface area contributed by atoms with Crippen molar-refractivity contribution in [2.75, 3.05) is 12.5 Å². The van der Waals surface area contributed by atoms with Crippen molar-refractivity contribution in [3.63, 3.8) is 0 Å². The van der Waals surface area contributed by atoms with Crippen molar-refractivity contribution >= 4 is 39.7 Å². The molecule has 0 fully saturated rings. The number of hydrogen-bond acceptors (Lipinski definition) is 2. The molecule has 0 aliphatic rings. The molecule has 0 aromatic heterocycles. The molecular formula is C22H38S2Si2. The van der Waals surface area contributed by atoms with Gasteiger partial charge in [-0.25, -0.2) is 0 Å². The minimum atomic E-state index is -1.56. The van der Waals surface area contributed by atoms with Gasteiger partial charge in [0.05, 0.1) is 0 Å². The second-order valence-corrected chi connectivity index (χ2v) is 21.4. The van der Waals surface area contributed by atoms with Crippen LogP contribution in [0, 0.1) is 22.9 Å². The molecule has 0 bridgehead atoms. The molecule has 0 amide bonds. The second kappa shape index (κ2) is 9.79. The Labute approximate surface area is 174 Å². The zero-order valence-corrected chi connectivity index (χ0v) is 22.6. The second-order valence-electron chi connectivity index (χ2n) is 9.71. The highest BCUT2D eigenvalue weighted by Crippen LogP contribution is 2.36. The van der Waals surface area contributed by atoms with Gasteiger partial charge in [-0.1, -0.05) is 79.6 Å². The maximum Gasteiger partial charge on any atom is 0.138 e. The lowest BCUT2D eigenvalue weighted by Crippen LogP contribution is -2.35. The monoisotopic (exact) mass is 422 g/mol. The van der Waals surface area contributed by atoms with Crippen molar-refractivity contribution in [1.82, 2.24) is 0 Å². The van der Waals surface area contributed by atoms with Crippen LogP contribution in [-0.2, 0) is 0 Å². The van der Waals surface area contributed by atoms with E-state index in [1.807, 2.05) is 0 Å². The Balaban J connectivity index is 5.68. The molecule has 0 N–H and O–H groups in total. The number of allylic oxidation sites excluding steroid dienone is 2. The van der Waals surface area contributed by atoms with Gasteiger partial charge >= 0.3 is 0 Å². The molecule has 0 saturated carbocycles. The number of rotatable bonds is 3. The Bertz CT molecular complexity index is 601. The predicted octanol–water partition coefficient (Wildman–Crippen LogP) is 7.58. The quantitative estimate of drug-likeness (QED) is 0.261. The van der Waals surface area contributed by atoms with Gasteiger partial charge in [0, 0.05) is 22.0 Å². The summed E-state index contributed by atoms with van der Waals surface area (Å²) in [5.41, 5.74) is 7.15. The smallest absolute Gasteiger partial charge is 0.128 e. The zero-order valence-electron chi connectivity index (χ0n) is 19.0. The third kappa shape index (κ3) is 7.77. The van der Waals surface area contributed by atoms with Crippen LogP contribution in [0.15, 0.2) is 22.0 Å². The van der Waals surface area contributed by atoms with Crippen molar-refractivity contribution in [3.05, 3.63) is 22.0 Å². The molecule has 0 aliphatic heterocycles. The van der Waals surface area contributed by atoms with E-state index in [0.717, 1.165) is 0 Å². The van der Waals surface area contributed by atoms with E-state index in [1.165, 1.54) is 9.81 Å². The van der Waals surface area contributed by atoms with Crippen LogP contribution in [-0.4, -0.2) is 28.7 Å². The fourth-order valence-electron chi connectivity index (χ4n) is 1.40. The Morgan fingerprint density at radius 2 is 0.923 bits per heavy atom. The summed E-state index contributed by atoms with van der Waals surface area (Å²) in [5, 5.41) is 0.584. The Morgan fingerprint density at radius 3 is 1.12 bits per heavy atom. The Kier molecular flexibility index (Phi) is 9.68. The van der Waals surface area contributed by atoms with Gasteiger partial charge in [-0.2, -0.15) is 0 Å². The van der Waals surface area contributed by atoms with Crippen LogP contribution in [0.1, 0.15) is 41.5 Å². The van der Waals surface area contributed by atoms with E-state index in [0.29, 0.717) is 10.1 Å². The molecule has 0 aromatic rings. The molecule has 146 valence electrons. The molecule has 4 heteroatoms. The first-order valence-electron chi connectivity index (χ1n) is 9.13. The molecule has 0 atom stereocenters. The highest BCUT2D eigenvalue weighted by atomic mass is 32.2. The third-order valence-corrected chi connectivity index (χ3v) is 16.3. The van der Waals surface area contributed by atoms with E-state index in [2.05, 4.69) is 115 Å². The molecule has 0 spiro atoms. The fourth-order valence-corrected chi connectivity index (χ4v) is 4.39. The highest BCUT2D eigenvalue weighted by Gasteiger charge is 2.34. The molecular weight excluding hydrogens is 385 g/mol. The van der Waals surface area contributed by atoms with Gasteiger partial charge < -0.3 is 0 Å². The standard InChI is InChI=1S/C22H38S2Si2/c1-21(2,3)25(9,10)17-13-15-19(23-7)20(24-8)16-14-18-26(11,12)22(4,5)6/h15-16H,1-12H3/b19-15-,20-16-. The minimum absolute atomic E-state index is 0.292.